The summed E-state index contributed by atoms with van der Waals surface area (Å²) in [4.78, 5) is 22.7. The molecule has 0 saturated heterocycles. The molecule has 132 valence electrons. The van der Waals surface area contributed by atoms with Crippen LogP contribution in [0.15, 0.2) is 48.5 Å². The zero-order valence-corrected chi connectivity index (χ0v) is 13.6. The van der Waals surface area contributed by atoms with Crippen molar-refractivity contribution in [3.63, 3.8) is 0 Å². The highest BCUT2D eigenvalue weighted by Crippen LogP contribution is 2.20. The molecule has 2 rings (SSSR count). The number of benzene rings is 2. The van der Waals surface area contributed by atoms with E-state index in [-0.39, 0.29) is 5.82 Å². The van der Waals surface area contributed by atoms with Crippen LogP contribution in [0.1, 0.15) is 24.1 Å². The molecule has 4 N–H and O–H groups in total. The van der Waals surface area contributed by atoms with Crippen LogP contribution in [0.3, 0.4) is 0 Å². The molecule has 2 aromatic carbocycles. The number of hydrogen-bond acceptors (Lipinski definition) is 3. The van der Waals surface area contributed by atoms with Crippen molar-refractivity contribution in [2.75, 3.05) is 0 Å². The van der Waals surface area contributed by atoms with Crippen molar-refractivity contribution in [2.24, 2.45) is 5.73 Å². The number of halogens is 2. The predicted octanol–water partition coefficient (Wildman–Crippen LogP) is 2.42. The van der Waals surface area contributed by atoms with E-state index in [1.54, 1.807) is 31.2 Å². The summed E-state index contributed by atoms with van der Waals surface area (Å²) in [6, 6.07) is 9.76. The summed E-state index contributed by atoms with van der Waals surface area (Å²) in [6.07, 6.45) is 0.329. The van der Waals surface area contributed by atoms with E-state index in [1.165, 1.54) is 24.3 Å². The average Bonchev–Trinajstić information content (AvgIpc) is 2.53. The van der Waals surface area contributed by atoms with Crippen molar-refractivity contribution >= 4 is 11.9 Å². The van der Waals surface area contributed by atoms with Crippen LogP contribution in [0.2, 0.25) is 0 Å². The van der Waals surface area contributed by atoms with Crippen LogP contribution < -0.4 is 16.4 Å². The van der Waals surface area contributed by atoms with Crippen LogP contribution >= 0.6 is 0 Å². The fraction of sp³-hybridized carbons (Fsp3) is 0.222. The maximum Gasteiger partial charge on any atom is 0.318 e. The molecule has 3 amide bonds. The molecule has 0 aliphatic heterocycles. The van der Waals surface area contributed by atoms with E-state index < -0.39 is 29.8 Å². The van der Waals surface area contributed by atoms with Crippen molar-refractivity contribution in [3.8, 4) is 0 Å². The Balaban J connectivity index is 2.22. The third-order valence-corrected chi connectivity index (χ3v) is 3.67. The van der Waals surface area contributed by atoms with Crippen LogP contribution in [0.25, 0.3) is 0 Å². The lowest BCUT2D eigenvalue weighted by atomic mass is 9.97. The van der Waals surface area contributed by atoms with Crippen molar-refractivity contribution in [1.29, 1.82) is 0 Å². The molecule has 0 radical (unpaired) electrons. The highest BCUT2D eigenvalue weighted by molar-refractivity contribution is 5.96. The van der Waals surface area contributed by atoms with E-state index in [1.807, 2.05) is 5.32 Å². The molecule has 0 aliphatic rings. The number of imide groups is 1. The predicted molar refractivity (Wildman–Crippen MR) is 89.6 cm³/mol. The Kier molecular flexibility index (Phi) is 6.19. The zero-order chi connectivity index (χ0) is 18.4. The molecule has 0 fully saturated rings. The second kappa shape index (κ2) is 8.34. The minimum Gasteiger partial charge on any atom is -0.351 e. The van der Waals surface area contributed by atoms with E-state index in [0.717, 1.165) is 0 Å². The Bertz CT molecular complexity index is 767. The molecule has 0 unspecified atom stereocenters. The minimum atomic E-state index is -0.953. The molecule has 0 saturated carbocycles. The molecule has 0 heterocycles. The third kappa shape index (κ3) is 5.65. The Hall–Kier alpha value is -2.80. The van der Waals surface area contributed by atoms with Crippen LogP contribution in [0.5, 0.6) is 0 Å². The molecule has 0 aliphatic carbocycles. The second-order valence-corrected chi connectivity index (χ2v) is 5.68. The van der Waals surface area contributed by atoms with E-state index in [2.05, 4.69) is 5.32 Å². The number of nitrogens with two attached hydrogens (primary N) is 1. The molecular weight excluding hydrogens is 328 g/mol. The number of carbonyl (C=O) groups excluding carboxylic acids is 2. The first kappa shape index (κ1) is 18.5. The summed E-state index contributed by atoms with van der Waals surface area (Å²) < 4.78 is 27.0. The Labute approximate surface area is 144 Å². The molecule has 0 aromatic heterocycles. The first-order valence-corrected chi connectivity index (χ1v) is 7.71. The molecule has 25 heavy (non-hydrogen) atoms. The van der Waals surface area contributed by atoms with E-state index in [9.17, 15) is 18.4 Å². The highest BCUT2D eigenvalue weighted by Gasteiger charge is 2.21. The summed E-state index contributed by atoms with van der Waals surface area (Å²) in [5, 5.41) is 5.01. The molecule has 5 nitrogen and oxygen atoms in total. The van der Waals surface area contributed by atoms with Gasteiger partial charge in [0.25, 0.3) is 0 Å². The SMILES string of the molecule is C[C@H](N[C@@H](Cc1cccc(F)c1)c1cccc(F)c1)C(=O)NC(N)=O. The Morgan fingerprint density at radius 3 is 2.32 bits per heavy atom. The molecule has 0 spiro atoms. The summed E-state index contributed by atoms with van der Waals surface area (Å²) in [5.74, 6) is -1.40. The van der Waals surface area contributed by atoms with Crippen molar-refractivity contribution < 1.29 is 18.4 Å². The largest absolute Gasteiger partial charge is 0.351 e. The van der Waals surface area contributed by atoms with Crippen molar-refractivity contribution in [2.45, 2.75) is 25.4 Å². The van der Waals surface area contributed by atoms with Gasteiger partial charge >= 0.3 is 6.03 Å². The number of nitrogens with one attached hydrogen (secondary N) is 2. The fourth-order valence-corrected chi connectivity index (χ4v) is 2.50. The lowest BCUT2D eigenvalue weighted by molar-refractivity contribution is -0.121. The maximum atomic E-state index is 13.6. The minimum absolute atomic E-state index is 0.329. The number of carbonyl (C=O) groups is 2. The number of hydrogen-bond donors (Lipinski definition) is 3. The maximum absolute atomic E-state index is 13.6. The van der Waals surface area contributed by atoms with Gasteiger partial charge in [0.05, 0.1) is 6.04 Å². The first-order chi connectivity index (χ1) is 11.8. The average molecular weight is 347 g/mol. The van der Waals surface area contributed by atoms with Gasteiger partial charge in [0.15, 0.2) is 0 Å². The lowest BCUT2D eigenvalue weighted by Crippen LogP contribution is -2.47. The molecule has 2 atom stereocenters. The van der Waals surface area contributed by atoms with Gasteiger partial charge in [-0.15, -0.1) is 0 Å². The van der Waals surface area contributed by atoms with Gasteiger partial charge in [-0.05, 0) is 48.7 Å². The number of urea groups is 1. The standard InChI is InChI=1S/C18H19F2N3O2/c1-11(17(24)23-18(21)25)22-16(13-5-3-7-15(20)10-13)9-12-4-2-6-14(19)8-12/h2-8,10-11,16,22H,9H2,1H3,(H3,21,23,24,25)/t11-,16-/m0/s1. The molecular formula is C18H19F2N3O2. The zero-order valence-electron chi connectivity index (χ0n) is 13.6. The van der Waals surface area contributed by atoms with Crippen molar-refractivity contribution in [3.05, 3.63) is 71.3 Å². The van der Waals surface area contributed by atoms with Gasteiger partial charge in [0.2, 0.25) is 5.91 Å². The highest BCUT2D eigenvalue weighted by atomic mass is 19.1. The van der Waals surface area contributed by atoms with Gasteiger partial charge < -0.3 is 5.73 Å². The van der Waals surface area contributed by atoms with Crippen LogP contribution in [-0.4, -0.2) is 18.0 Å². The van der Waals surface area contributed by atoms with Gasteiger partial charge in [-0.1, -0.05) is 24.3 Å². The van der Waals surface area contributed by atoms with Gasteiger partial charge in [-0.25, -0.2) is 13.6 Å². The molecule has 7 heteroatoms. The molecule has 0 bridgehead atoms. The van der Waals surface area contributed by atoms with Gasteiger partial charge in [0, 0.05) is 6.04 Å². The smallest absolute Gasteiger partial charge is 0.318 e. The van der Waals surface area contributed by atoms with E-state index >= 15 is 0 Å². The van der Waals surface area contributed by atoms with E-state index in [4.69, 9.17) is 5.73 Å². The number of amides is 3. The van der Waals surface area contributed by atoms with Crippen LogP contribution in [0.4, 0.5) is 13.6 Å². The third-order valence-electron chi connectivity index (χ3n) is 3.67. The van der Waals surface area contributed by atoms with Gasteiger partial charge in [-0.3, -0.25) is 15.4 Å². The van der Waals surface area contributed by atoms with E-state index in [0.29, 0.717) is 17.5 Å². The van der Waals surface area contributed by atoms with Crippen LogP contribution in [0, 0.1) is 11.6 Å². The summed E-state index contributed by atoms with van der Waals surface area (Å²) in [5.41, 5.74) is 6.23. The number of primary amides is 1. The van der Waals surface area contributed by atoms with Crippen molar-refractivity contribution in [1.82, 2.24) is 10.6 Å². The lowest BCUT2D eigenvalue weighted by Gasteiger charge is -2.23. The normalized spacial score (nSPS) is 13.1. The monoisotopic (exact) mass is 347 g/mol. The quantitative estimate of drug-likeness (QED) is 0.750. The topological polar surface area (TPSA) is 84.2 Å². The second-order valence-electron chi connectivity index (χ2n) is 5.68. The summed E-state index contributed by atoms with van der Waals surface area (Å²) in [6.45, 7) is 1.55. The first-order valence-electron chi connectivity index (χ1n) is 7.71. The summed E-state index contributed by atoms with van der Waals surface area (Å²) >= 11 is 0. The number of rotatable bonds is 6. The van der Waals surface area contributed by atoms with Gasteiger partial charge in [0.1, 0.15) is 11.6 Å². The van der Waals surface area contributed by atoms with Crippen LogP contribution in [-0.2, 0) is 11.2 Å². The molecule has 2 aromatic rings. The van der Waals surface area contributed by atoms with Gasteiger partial charge in [-0.2, -0.15) is 0 Å². The summed E-state index contributed by atoms with van der Waals surface area (Å²) in [7, 11) is 0. The Morgan fingerprint density at radius 2 is 1.72 bits per heavy atom. The fourth-order valence-electron chi connectivity index (χ4n) is 2.50. The Morgan fingerprint density at radius 1 is 1.08 bits per heavy atom.